The van der Waals surface area contributed by atoms with Gasteiger partial charge in [-0.2, -0.15) is 9.78 Å². The van der Waals surface area contributed by atoms with E-state index in [1.54, 1.807) is 35.1 Å². The van der Waals surface area contributed by atoms with E-state index in [2.05, 4.69) is 20.7 Å². The monoisotopic (exact) mass is 456 g/mol. The number of carbonyl (C=O) groups is 2. The Labute approximate surface area is 196 Å². The molecule has 5 rings (SSSR count). The van der Waals surface area contributed by atoms with E-state index < -0.39 is 0 Å². The average Bonchev–Trinajstić information content (AvgIpc) is 3.64. The van der Waals surface area contributed by atoms with Crippen LogP contribution < -0.4 is 10.6 Å². The zero-order valence-electron chi connectivity index (χ0n) is 18.9. The maximum Gasteiger partial charge on any atom is 0.256 e. The molecule has 2 N–H and O–H groups in total. The van der Waals surface area contributed by atoms with Gasteiger partial charge in [-0.25, -0.2) is 9.97 Å². The van der Waals surface area contributed by atoms with Gasteiger partial charge in [-0.05, 0) is 62.2 Å². The molecule has 0 bridgehead atoms. The van der Waals surface area contributed by atoms with Crippen molar-refractivity contribution in [1.82, 2.24) is 19.7 Å². The third-order valence-electron chi connectivity index (χ3n) is 5.64. The van der Waals surface area contributed by atoms with Crippen LogP contribution in [0.15, 0.2) is 54.7 Å². The third kappa shape index (κ3) is 4.38. The molecule has 0 spiro atoms. The summed E-state index contributed by atoms with van der Waals surface area (Å²) in [6.45, 7) is 1.85. The minimum Gasteiger partial charge on any atom is -0.375 e. The van der Waals surface area contributed by atoms with Crippen LogP contribution in [0.2, 0.25) is 0 Å². The van der Waals surface area contributed by atoms with E-state index in [0.717, 1.165) is 18.5 Å². The number of ether oxygens (including phenoxy) is 1. The highest BCUT2D eigenvalue weighted by atomic mass is 16.5. The second kappa shape index (κ2) is 9.03. The minimum absolute atomic E-state index is 0.0224. The molecule has 1 aliphatic rings. The lowest BCUT2D eigenvalue weighted by Gasteiger charge is -2.10. The molecular weight excluding hydrogens is 432 g/mol. The molecule has 9 heteroatoms. The predicted octanol–water partition coefficient (Wildman–Crippen LogP) is 3.84. The molecule has 1 fully saturated rings. The third-order valence-corrected chi connectivity index (χ3v) is 5.64. The van der Waals surface area contributed by atoms with Crippen molar-refractivity contribution in [2.24, 2.45) is 0 Å². The number of pyridine rings is 2. The Hall–Kier alpha value is -4.11. The molecule has 3 heterocycles. The number of hydrogen-bond acceptors (Lipinski definition) is 6. The number of rotatable bonds is 7. The molecule has 0 saturated heterocycles. The zero-order valence-corrected chi connectivity index (χ0v) is 18.9. The number of carbonyl (C=O) groups excluding carboxylic acids is 2. The number of aryl methyl sites for hydroxylation is 1. The summed E-state index contributed by atoms with van der Waals surface area (Å²) in [4.78, 5) is 34.4. The van der Waals surface area contributed by atoms with Crippen LogP contribution >= 0.6 is 0 Å². The predicted molar refractivity (Wildman–Crippen MR) is 128 cm³/mol. The fraction of sp³-hybridized carbons (Fsp3) is 0.240. The molecule has 3 aromatic heterocycles. The average molecular weight is 457 g/mol. The van der Waals surface area contributed by atoms with Crippen molar-refractivity contribution >= 4 is 34.2 Å². The van der Waals surface area contributed by atoms with E-state index in [9.17, 15) is 9.59 Å². The van der Waals surface area contributed by atoms with Gasteiger partial charge >= 0.3 is 0 Å². The van der Waals surface area contributed by atoms with Crippen LogP contribution in [0.25, 0.3) is 16.9 Å². The van der Waals surface area contributed by atoms with Gasteiger partial charge in [0, 0.05) is 36.3 Å². The second-order valence-electron chi connectivity index (χ2n) is 8.27. The Morgan fingerprint density at radius 3 is 2.47 bits per heavy atom. The highest BCUT2D eigenvalue weighted by Gasteiger charge is 2.29. The fourth-order valence-electron chi connectivity index (χ4n) is 3.88. The van der Waals surface area contributed by atoms with Crippen LogP contribution in [-0.2, 0) is 9.53 Å². The van der Waals surface area contributed by atoms with Crippen LogP contribution in [0.1, 0.15) is 40.5 Å². The summed E-state index contributed by atoms with van der Waals surface area (Å²) in [5.74, 6) is 0.525. The number of fused-ring (bicyclic) bond motifs is 1. The Kier molecular flexibility index (Phi) is 5.77. The lowest BCUT2D eigenvalue weighted by molar-refractivity contribution is -0.119. The van der Waals surface area contributed by atoms with E-state index >= 15 is 0 Å². The minimum atomic E-state index is -0.244. The summed E-state index contributed by atoms with van der Waals surface area (Å²) in [5.41, 5.74) is 3.99. The topological polar surface area (TPSA) is 111 Å². The van der Waals surface area contributed by atoms with Crippen molar-refractivity contribution in [2.45, 2.75) is 25.7 Å². The standard InChI is InChI=1S/C25H24N6O3/c1-15-23-19(25(33)28-18-10-8-17(9-11-18)27-22(32)14-34-2)13-20(16-6-7-16)29-24(23)31(30-15)21-5-3-4-12-26-21/h3-5,8-13,16H,6-7,14H2,1-2H3,(H,27,32)(H,28,33). The molecule has 1 aromatic carbocycles. The Morgan fingerprint density at radius 1 is 1.09 bits per heavy atom. The Balaban J connectivity index is 1.47. The van der Waals surface area contributed by atoms with Gasteiger partial charge in [-0.15, -0.1) is 0 Å². The molecule has 0 unspecified atom stereocenters. The molecular formula is C25H24N6O3. The van der Waals surface area contributed by atoms with Crippen molar-refractivity contribution in [3.05, 3.63) is 71.7 Å². The summed E-state index contributed by atoms with van der Waals surface area (Å²) in [6, 6.07) is 14.4. The number of nitrogens with one attached hydrogen (secondary N) is 2. The highest BCUT2D eigenvalue weighted by Crippen LogP contribution is 2.40. The summed E-state index contributed by atoms with van der Waals surface area (Å²) < 4.78 is 6.52. The molecule has 0 aliphatic heterocycles. The lowest BCUT2D eigenvalue weighted by atomic mass is 10.1. The van der Waals surface area contributed by atoms with Crippen LogP contribution in [0, 0.1) is 6.92 Å². The van der Waals surface area contributed by atoms with Crippen molar-refractivity contribution in [1.29, 1.82) is 0 Å². The molecule has 9 nitrogen and oxygen atoms in total. The first kappa shape index (κ1) is 21.7. The number of nitrogens with zero attached hydrogens (tertiary/aromatic N) is 4. The summed E-state index contributed by atoms with van der Waals surface area (Å²) in [6.07, 6.45) is 3.83. The van der Waals surface area contributed by atoms with Gasteiger partial charge in [0.05, 0.1) is 16.6 Å². The van der Waals surface area contributed by atoms with Gasteiger partial charge in [-0.1, -0.05) is 6.07 Å². The number of anilines is 2. The maximum atomic E-state index is 13.4. The molecule has 1 saturated carbocycles. The summed E-state index contributed by atoms with van der Waals surface area (Å²) in [7, 11) is 1.46. The summed E-state index contributed by atoms with van der Waals surface area (Å²) in [5, 5.41) is 11.0. The quantitative estimate of drug-likeness (QED) is 0.437. The number of hydrogen-bond donors (Lipinski definition) is 2. The van der Waals surface area contributed by atoms with E-state index in [4.69, 9.17) is 9.72 Å². The summed E-state index contributed by atoms with van der Waals surface area (Å²) >= 11 is 0. The van der Waals surface area contributed by atoms with Crippen LogP contribution in [0.4, 0.5) is 11.4 Å². The molecule has 0 atom stereocenters. The van der Waals surface area contributed by atoms with Crippen molar-refractivity contribution in [3.63, 3.8) is 0 Å². The number of benzene rings is 1. The van der Waals surface area contributed by atoms with E-state index in [1.807, 2.05) is 31.2 Å². The zero-order chi connectivity index (χ0) is 23.7. The number of amides is 2. The number of methoxy groups -OCH3 is 1. The first-order valence-electron chi connectivity index (χ1n) is 11.1. The largest absolute Gasteiger partial charge is 0.375 e. The Bertz CT molecular complexity index is 1360. The molecule has 2 amide bonds. The molecule has 0 radical (unpaired) electrons. The SMILES string of the molecule is COCC(=O)Nc1ccc(NC(=O)c2cc(C3CC3)nc3c2c(C)nn3-c2ccccn2)cc1. The van der Waals surface area contributed by atoms with Crippen LogP contribution in [0.3, 0.4) is 0 Å². The van der Waals surface area contributed by atoms with Gasteiger partial charge in [0.1, 0.15) is 6.61 Å². The first-order valence-corrected chi connectivity index (χ1v) is 11.1. The van der Waals surface area contributed by atoms with Crippen LogP contribution in [-0.4, -0.2) is 45.3 Å². The van der Waals surface area contributed by atoms with Gasteiger partial charge in [0.15, 0.2) is 11.5 Å². The van der Waals surface area contributed by atoms with E-state index in [-0.39, 0.29) is 18.4 Å². The first-order chi connectivity index (χ1) is 16.5. The smallest absolute Gasteiger partial charge is 0.256 e. The van der Waals surface area contributed by atoms with Crippen molar-refractivity contribution in [3.8, 4) is 5.82 Å². The van der Waals surface area contributed by atoms with Gasteiger partial charge < -0.3 is 15.4 Å². The van der Waals surface area contributed by atoms with E-state index in [0.29, 0.717) is 45.4 Å². The van der Waals surface area contributed by atoms with Crippen molar-refractivity contribution in [2.75, 3.05) is 24.4 Å². The maximum absolute atomic E-state index is 13.4. The van der Waals surface area contributed by atoms with Crippen molar-refractivity contribution < 1.29 is 14.3 Å². The molecule has 172 valence electrons. The van der Waals surface area contributed by atoms with Gasteiger partial charge in [-0.3, -0.25) is 9.59 Å². The molecule has 34 heavy (non-hydrogen) atoms. The second-order valence-corrected chi connectivity index (χ2v) is 8.27. The van der Waals surface area contributed by atoms with E-state index in [1.165, 1.54) is 7.11 Å². The molecule has 4 aromatic rings. The Morgan fingerprint density at radius 2 is 1.82 bits per heavy atom. The lowest BCUT2D eigenvalue weighted by Crippen LogP contribution is -2.17. The number of aromatic nitrogens is 4. The highest BCUT2D eigenvalue weighted by molar-refractivity contribution is 6.13. The van der Waals surface area contributed by atoms with Gasteiger partial charge in [0.2, 0.25) is 5.91 Å². The normalized spacial score (nSPS) is 13.1. The van der Waals surface area contributed by atoms with Crippen LogP contribution in [0.5, 0.6) is 0 Å². The van der Waals surface area contributed by atoms with Gasteiger partial charge in [0.25, 0.3) is 5.91 Å². The fourth-order valence-corrected chi connectivity index (χ4v) is 3.88. The molecule has 1 aliphatic carbocycles.